The summed E-state index contributed by atoms with van der Waals surface area (Å²) in [7, 11) is 0. The summed E-state index contributed by atoms with van der Waals surface area (Å²) in [5.74, 6) is 4.09. The zero-order valence-corrected chi connectivity index (χ0v) is 10.9. The van der Waals surface area contributed by atoms with Gasteiger partial charge in [0.2, 0.25) is 0 Å². The number of nitrogens with one attached hydrogen (secondary N) is 1. The average Bonchev–Trinajstić information content (AvgIpc) is 2.79. The fourth-order valence-corrected chi connectivity index (χ4v) is 5.29. The van der Waals surface area contributed by atoms with Crippen LogP contribution in [0.3, 0.4) is 0 Å². The van der Waals surface area contributed by atoms with E-state index in [0.717, 1.165) is 30.1 Å². The van der Waals surface area contributed by atoms with Gasteiger partial charge in [-0.2, -0.15) is 0 Å². The average molecular weight is 246 g/mol. The Morgan fingerprint density at radius 1 is 1.17 bits per heavy atom. The summed E-state index contributed by atoms with van der Waals surface area (Å²) in [6.07, 6.45) is 12.3. The van der Waals surface area contributed by atoms with E-state index in [2.05, 4.69) is 10.3 Å². The first-order valence-corrected chi connectivity index (χ1v) is 7.39. The van der Waals surface area contributed by atoms with Crippen LogP contribution in [-0.4, -0.2) is 11.5 Å². The maximum Gasteiger partial charge on any atom is 0.180 e. The van der Waals surface area contributed by atoms with Crippen LogP contribution in [0.2, 0.25) is 0 Å². The van der Waals surface area contributed by atoms with Crippen LogP contribution in [0.1, 0.15) is 44.3 Å². The molecule has 0 saturated heterocycles. The van der Waals surface area contributed by atoms with E-state index in [-0.39, 0.29) is 0 Å². The molecule has 4 aliphatic carbocycles. The first kappa shape index (κ1) is 11.0. The number of hydrogen-bond donors (Lipinski definition) is 1. The summed E-state index contributed by atoms with van der Waals surface area (Å²) in [4.78, 5) is 3.96. The standard InChI is InChI=1S/C15H22N2O/c1-11-2-13-3-12(1)5-15(4-11,6-13)9-16-7-14-8-17-10-18-14/h8,10-13,16H,1-7,9H2. The Morgan fingerprint density at radius 3 is 2.39 bits per heavy atom. The van der Waals surface area contributed by atoms with Crippen LogP contribution in [0.25, 0.3) is 0 Å². The molecule has 0 radical (unpaired) electrons. The lowest BCUT2D eigenvalue weighted by atomic mass is 9.49. The molecule has 5 rings (SSSR count). The molecular weight excluding hydrogens is 224 g/mol. The molecule has 1 N–H and O–H groups in total. The molecule has 4 saturated carbocycles. The van der Waals surface area contributed by atoms with Gasteiger partial charge >= 0.3 is 0 Å². The minimum atomic E-state index is 0.620. The van der Waals surface area contributed by atoms with Crippen molar-refractivity contribution in [2.24, 2.45) is 23.2 Å². The molecule has 0 atom stereocenters. The summed E-state index contributed by atoms with van der Waals surface area (Å²) in [6, 6.07) is 0. The van der Waals surface area contributed by atoms with Crippen LogP contribution in [-0.2, 0) is 6.54 Å². The highest BCUT2D eigenvalue weighted by molar-refractivity contribution is 5.02. The van der Waals surface area contributed by atoms with Gasteiger partial charge in [0.25, 0.3) is 0 Å². The lowest BCUT2D eigenvalue weighted by Gasteiger charge is -2.57. The van der Waals surface area contributed by atoms with Gasteiger partial charge in [0.15, 0.2) is 6.39 Å². The van der Waals surface area contributed by atoms with Crippen LogP contribution >= 0.6 is 0 Å². The summed E-state index contributed by atoms with van der Waals surface area (Å²) >= 11 is 0. The fourth-order valence-electron chi connectivity index (χ4n) is 5.29. The highest BCUT2D eigenvalue weighted by Crippen LogP contribution is 2.59. The van der Waals surface area contributed by atoms with Crippen LogP contribution in [0.5, 0.6) is 0 Å². The van der Waals surface area contributed by atoms with E-state index in [0.29, 0.717) is 5.41 Å². The lowest BCUT2D eigenvalue weighted by molar-refractivity contribution is -0.0515. The Morgan fingerprint density at radius 2 is 1.83 bits per heavy atom. The Hall–Kier alpha value is -0.830. The normalized spacial score (nSPS) is 41.4. The van der Waals surface area contributed by atoms with Crippen molar-refractivity contribution >= 4 is 0 Å². The molecule has 1 aromatic heterocycles. The first-order chi connectivity index (χ1) is 8.81. The molecule has 18 heavy (non-hydrogen) atoms. The van der Waals surface area contributed by atoms with Gasteiger partial charge in [0, 0.05) is 6.54 Å². The Balaban J connectivity index is 1.39. The largest absolute Gasteiger partial charge is 0.447 e. The molecule has 0 unspecified atom stereocenters. The lowest BCUT2D eigenvalue weighted by Crippen LogP contribution is -2.50. The topological polar surface area (TPSA) is 38.1 Å². The number of oxazole rings is 1. The SMILES string of the molecule is c1ncc(CNCC23CC4CC(CC(C4)C2)C3)o1. The third kappa shape index (κ3) is 1.89. The summed E-state index contributed by atoms with van der Waals surface area (Å²) in [5, 5.41) is 3.61. The molecule has 1 heterocycles. The van der Waals surface area contributed by atoms with Gasteiger partial charge in [-0.15, -0.1) is 0 Å². The number of aromatic nitrogens is 1. The third-order valence-electron chi connectivity index (χ3n) is 5.45. The monoisotopic (exact) mass is 246 g/mol. The van der Waals surface area contributed by atoms with Gasteiger partial charge < -0.3 is 9.73 Å². The van der Waals surface area contributed by atoms with Gasteiger partial charge in [-0.25, -0.2) is 4.98 Å². The summed E-state index contributed by atoms with van der Waals surface area (Å²) in [6.45, 7) is 2.01. The maximum atomic E-state index is 5.28. The second-order valence-electron chi connectivity index (χ2n) is 6.99. The van der Waals surface area contributed by atoms with Crippen molar-refractivity contribution < 1.29 is 4.42 Å². The van der Waals surface area contributed by atoms with E-state index in [4.69, 9.17) is 4.42 Å². The van der Waals surface area contributed by atoms with Crippen molar-refractivity contribution in [1.29, 1.82) is 0 Å². The van der Waals surface area contributed by atoms with Crippen LogP contribution in [0.4, 0.5) is 0 Å². The van der Waals surface area contributed by atoms with Crippen molar-refractivity contribution in [3.8, 4) is 0 Å². The van der Waals surface area contributed by atoms with E-state index in [9.17, 15) is 0 Å². The Bertz CT molecular complexity index is 377. The highest BCUT2D eigenvalue weighted by atomic mass is 16.3. The quantitative estimate of drug-likeness (QED) is 0.887. The zero-order chi connectivity index (χ0) is 12.0. The third-order valence-corrected chi connectivity index (χ3v) is 5.45. The maximum absolute atomic E-state index is 5.28. The summed E-state index contributed by atoms with van der Waals surface area (Å²) < 4.78 is 5.28. The minimum Gasteiger partial charge on any atom is -0.447 e. The summed E-state index contributed by atoms with van der Waals surface area (Å²) in [5.41, 5.74) is 0.620. The highest BCUT2D eigenvalue weighted by Gasteiger charge is 2.50. The van der Waals surface area contributed by atoms with E-state index in [1.807, 2.05) is 6.20 Å². The molecule has 3 nitrogen and oxygen atoms in total. The van der Waals surface area contributed by atoms with Gasteiger partial charge in [-0.1, -0.05) is 0 Å². The minimum absolute atomic E-state index is 0.620. The predicted molar refractivity (Wildman–Crippen MR) is 68.8 cm³/mol. The molecule has 3 heteroatoms. The molecule has 4 bridgehead atoms. The van der Waals surface area contributed by atoms with E-state index < -0.39 is 0 Å². The van der Waals surface area contributed by atoms with Crippen molar-refractivity contribution in [2.75, 3.05) is 6.54 Å². The molecule has 0 amide bonds. The molecule has 4 aliphatic rings. The molecule has 98 valence electrons. The van der Waals surface area contributed by atoms with Crippen molar-refractivity contribution in [3.63, 3.8) is 0 Å². The number of hydrogen-bond acceptors (Lipinski definition) is 3. The first-order valence-electron chi connectivity index (χ1n) is 7.39. The number of nitrogens with zero attached hydrogens (tertiary/aromatic N) is 1. The Labute approximate surface area is 108 Å². The second-order valence-corrected chi connectivity index (χ2v) is 6.99. The molecule has 4 fully saturated rings. The van der Waals surface area contributed by atoms with Crippen molar-refractivity contribution in [3.05, 3.63) is 18.4 Å². The Kier molecular flexibility index (Phi) is 2.51. The van der Waals surface area contributed by atoms with Gasteiger partial charge in [0.05, 0.1) is 12.7 Å². The van der Waals surface area contributed by atoms with Gasteiger partial charge in [-0.05, 0) is 61.7 Å². The van der Waals surface area contributed by atoms with Crippen molar-refractivity contribution in [1.82, 2.24) is 10.3 Å². The van der Waals surface area contributed by atoms with Crippen LogP contribution in [0, 0.1) is 23.2 Å². The zero-order valence-electron chi connectivity index (χ0n) is 10.9. The van der Waals surface area contributed by atoms with Crippen LogP contribution < -0.4 is 5.32 Å². The van der Waals surface area contributed by atoms with Gasteiger partial charge in [0.1, 0.15) is 5.76 Å². The molecule has 1 aromatic rings. The van der Waals surface area contributed by atoms with Gasteiger partial charge in [-0.3, -0.25) is 0 Å². The number of rotatable bonds is 4. The molecule has 0 aliphatic heterocycles. The fraction of sp³-hybridized carbons (Fsp3) is 0.800. The molecule has 0 spiro atoms. The van der Waals surface area contributed by atoms with Crippen LogP contribution in [0.15, 0.2) is 17.0 Å². The van der Waals surface area contributed by atoms with E-state index in [1.54, 1.807) is 0 Å². The van der Waals surface area contributed by atoms with E-state index >= 15 is 0 Å². The van der Waals surface area contributed by atoms with E-state index in [1.165, 1.54) is 51.5 Å². The molecular formula is C15H22N2O. The second kappa shape index (κ2) is 4.09. The molecule has 0 aromatic carbocycles. The smallest absolute Gasteiger partial charge is 0.180 e. The van der Waals surface area contributed by atoms with Crippen molar-refractivity contribution in [2.45, 2.75) is 45.1 Å². The predicted octanol–water partition coefficient (Wildman–Crippen LogP) is 2.98.